The molecule has 1 aliphatic heterocycles. The number of amides is 2. The Balaban J connectivity index is 2.12. The van der Waals surface area contributed by atoms with E-state index in [0.29, 0.717) is 0 Å². The second kappa shape index (κ2) is 7.37. The fourth-order valence-corrected chi connectivity index (χ4v) is 3.35. The summed E-state index contributed by atoms with van der Waals surface area (Å²) in [5.41, 5.74) is 0. The lowest BCUT2D eigenvalue weighted by Gasteiger charge is -2.18. The highest BCUT2D eigenvalue weighted by Gasteiger charge is 2.31. The zero-order valence-electron chi connectivity index (χ0n) is 13.6. The molecule has 0 saturated carbocycles. The topological polar surface area (TPSA) is 117 Å². The number of hydrogen-bond donors (Lipinski definition) is 2. The summed E-state index contributed by atoms with van der Waals surface area (Å²) >= 11 is 0. The van der Waals surface area contributed by atoms with Crippen molar-refractivity contribution in [1.82, 2.24) is 9.71 Å². The van der Waals surface area contributed by atoms with Crippen LogP contribution in [0.2, 0.25) is 0 Å². The van der Waals surface area contributed by atoms with E-state index in [4.69, 9.17) is 0 Å². The molecule has 1 unspecified atom stereocenters. The molecule has 8 nitrogen and oxygen atoms in total. The summed E-state index contributed by atoms with van der Waals surface area (Å²) in [6.07, 6.45) is 1.39. The first-order chi connectivity index (χ1) is 11.3. The van der Waals surface area contributed by atoms with Crippen LogP contribution in [0, 0.1) is 11.8 Å². The van der Waals surface area contributed by atoms with E-state index in [2.05, 4.69) is 9.71 Å². The molecule has 1 saturated heterocycles. The smallest absolute Gasteiger partial charge is 0.242 e. The second-order valence-electron chi connectivity index (χ2n) is 6.01. The molecule has 2 rings (SSSR count). The molecule has 0 radical (unpaired) electrons. The first-order valence-electron chi connectivity index (χ1n) is 7.68. The molecular weight excluding hydrogens is 334 g/mol. The van der Waals surface area contributed by atoms with Gasteiger partial charge in [0.25, 0.3) is 0 Å². The highest BCUT2D eigenvalue weighted by Crippen LogP contribution is 2.21. The van der Waals surface area contributed by atoms with Gasteiger partial charge in [-0.1, -0.05) is 13.8 Å². The molecule has 9 heteroatoms. The van der Waals surface area contributed by atoms with Gasteiger partial charge in [0.05, 0.1) is 0 Å². The van der Waals surface area contributed by atoms with Crippen LogP contribution in [0.4, 0.5) is 5.82 Å². The van der Waals surface area contributed by atoms with E-state index >= 15 is 0 Å². The Morgan fingerprint density at radius 3 is 2.33 bits per heavy atom. The van der Waals surface area contributed by atoms with Gasteiger partial charge in [0.15, 0.2) is 0 Å². The van der Waals surface area contributed by atoms with Crippen molar-refractivity contribution < 1.29 is 23.1 Å². The average molecular weight is 355 g/mol. The molecule has 0 spiro atoms. The van der Waals surface area contributed by atoms with Crippen molar-refractivity contribution in [2.24, 2.45) is 11.8 Å². The van der Waals surface area contributed by atoms with Crippen LogP contribution in [0.15, 0.2) is 23.2 Å². The average Bonchev–Trinajstić information content (AvgIpc) is 2.86. The minimum absolute atomic E-state index is 0.0641. The molecule has 0 bridgehead atoms. The molecule has 1 aromatic rings. The van der Waals surface area contributed by atoms with Crippen LogP contribution >= 0.6 is 0 Å². The molecule has 1 atom stereocenters. The summed E-state index contributed by atoms with van der Waals surface area (Å²) < 4.78 is 27.0. The van der Waals surface area contributed by atoms with Crippen LogP contribution in [0.25, 0.3) is 0 Å². The number of pyridine rings is 1. The molecule has 1 aliphatic rings. The number of rotatable bonds is 7. The number of carbonyl (C=O) groups is 2. The number of aliphatic hydroxyl groups excluding tert-OH is 1. The summed E-state index contributed by atoms with van der Waals surface area (Å²) in [6.45, 7) is 3.79. The van der Waals surface area contributed by atoms with E-state index in [0.717, 1.165) is 11.1 Å². The van der Waals surface area contributed by atoms with E-state index in [1.165, 1.54) is 12.1 Å². The molecule has 24 heavy (non-hydrogen) atoms. The molecular formula is C15H21N3O5S. The number of nitrogens with one attached hydrogen (secondary N) is 1. The standard InChI is InChI=1S/C15H21N3O5S/c1-10(2)11(9-19)7-17-24(22,23)12-3-4-13(16-8-12)18-14(20)5-6-15(18)21/h3-4,8,10-11,17,19H,5-7,9H2,1-2H3. The lowest BCUT2D eigenvalue weighted by atomic mass is 9.97. The Kier molecular flexibility index (Phi) is 5.68. The van der Waals surface area contributed by atoms with Gasteiger partial charge in [-0.25, -0.2) is 23.0 Å². The van der Waals surface area contributed by atoms with Crippen molar-refractivity contribution in [1.29, 1.82) is 0 Å². The number of sulfonamides is 1. The Labute approximate surface area is 140 Å². The van der Waals surface area contributed by atoms with Crippen molar-refractivity contribution in [2.45, 2.75) is 31.6 Å². The normalized spacial score (nSPS) is 16.9. The van der Waals surface area contributed by atoms with Crippen LogP contribution in [0.1, 0.15) is 26.7 Å². The van der Waals surface area contributed by atoms with E-state index in [1.54, 1.807) is 0 Å². The first-order valence-corrected chi connectivity index (χ1v) is 9.17. The van der Waals surface area contributed by atoms with Crippen molar-refractivity contribution in [3.05, 3.63) is 18.3 Å². The summed E-state index contributed by atoms with van der Waals surface area (Å²) in [5, 5.41) is 9.25. The maximum atomic E-state index is 12.3. The molecule has 2 N–H and O–H groups in total. The summed E-state index contributed by atoms with van der Waals surface area (Å²) in [5.74, 6) is -0.623. The van der Waals surface area contributed by atoms with Crippen molar-refractivity contribution in [3.8, 4) is 0 Å². The quantitative estimate of drug-likeness (QED) is 0.679. The molecule has 1 fully saturated rings. The molecule has 2 amide bonds. The number of imide groups is 1. The van der Waals surface area contributed by atoms with Crippen LogP contribution in [0.3, 0.4) is 0 Å². The van der Waals surface area contributed by atoms with Gasteiger partial charge < -0.3 is 5.11 Å². The Hall–Kier alpha value is -1.84. The summed E-state index contributed by atoms with van der Waals surface area (Å²) in [7, 11) is -3.78. The number of nitrogens with zero attached hydrogens (tertiary/aromatic N) is 2. The van der Waals surface area contributed by atoms with Crippen LogP contribution in [-0.4, -0.2) is 43.5 Å². The van der Waals surface area contributed by atoms with Gasteiger partial charge in [0.1, 0.15) is 10.7 Å². The lowest BCUT2D eigenvalue weighted by Crippen LogP contribution is -2.33. The second-order valence-corrected chi connectivity index (χ2v) is 7.78. The largest absolute Gasteiger partial charge is 0.396 e. The zero-order chi connectivity index (χ0) is 17.9. The number of aromatic nitrogens is 1. The minimum atomic E-state index is -3.78. The molecule has 0 aromatic carbocycles. The highest BCUT2D eigenvalue weighted by molar-refractivity contribution is 7.89. The highest BCUT2D eigenvalue weighted by atomic mass is 32.2. The van der Waals surface area contributed by atoms with E-state index in [1.807, 2.05) is 13.8 Å². The Morgan fingerprint density at radius 1 is 1.25 bits per heavy atom. The summed E-state index contributed by atoms with van der Waals surface area (Å²) in [6, 6.07) is 2.63. The molecule has 1 aromatic heterocycles. The molecule has 132 valence electrons. The van der Waals surface area contributed by atoms with Crippen LogP contribution < -0.4 is 9.62 Å². The predicted molar refractivity (Wildman–Crippen MR) is 86.6 cm³/mol. The number of anilines is 1. The Bertz CT molecular complexity index is 699. The van der Waals surface area contributed by atoms with E-state index in [9.17, 15) is 23.1 Å². The number of aliphatic hydroxyl groups is 1. The third-order valence-electron chi connectivity index (χ3n) is 4.02. The van der Waals surface area contributed by atoms with Crippen LogP contribution in [0.5, 0.6) is 0 Å². The van der Waals surface area contributed by atoms with Gasteiger partial charge in [-0.3, -0.25) is 9.59 Å². The van der Waals surface area contributed by atoms with Crippen LogP contribution in [-0.2, 0) is 19.6 Å². The third kappa shape index (κ3) is 3.97. The van der Waals surface area contributed by atoms with Gasteiger partial charge in [0.2, 0.25) is 21.8 Å². The fraction of sp³-hybridized carbons (Fsp3) is 0.533. The monoisotopic (exact) mass is 355 g/mol. The zero-order valence-corrected chi connectivity index (χ0v) is 14.4. The van der Waals surface area contributed by atoms with Crippen molar-refractivity contribution in [2.75, 3.05) is 18.1 Å². The van der Waals surface area contributed by atoms with Gasteiger partial charge in [-0.2, -0.15) is 0 Å². The van der Waals surface area contributed by atoms with E-state index in [-0.39, 0.29) is 60.4 Å². The SMILES string of the molecule is CC(C)C(CO)CNS(=O)(=O)c1ccc(N2C(=O)CCC2=O)nc1. The maximum Gasteiger partial charge on any atom is 0.242 e. The number of hydrogen-bond acceptors (Lipinski definition) is 6. The molecule has 2 heterocycles. The third-order valence-corrected chi connectivity index (χ3v) is 5.43. The maximum absolute atomic E-state index is 12.3. The van der Waals surface area contributed by atoms with Crippen molar-refractivity contribution in [3.63, 3.8) is 0 Å². The fourth-order valence-electron chi connectivity index (χ4n) is 2.31. The predicted octanol–water partition coefficient (Wildman–Crippen LogP) is 0.278. The van der Waals surface area contributed by atoms with Crippen molar-refractivity contribution >= 4 is 27.7 Å². The van der Waals surface area contributed by atoms with Gasteiger partial charge in [-0.05, 0) is 24.0 Å². The minimum Gasteiger partial charge on any atom is -0.396 e. The first kappa shape index (κ1) is 18.5. The summed E-state index contributed by atoms with van der Waals surface area (Å²) in [4.78, 5) is 28.1. The van der Waals surface area contributed by atoms with Gasteiger partial charge >= 0.3 is 0 Å². The van der Waals surface area contributed by atoms with E-state index < -0.39 is 10.0 Å². The van der Waals surface area contributed by atoms with Gasteiger partial charge in [-0.15, -0.1) is 0 Å². The molecule has 0 aliphatic carbocycles. The Morgan fingerprint density at radius 2 is 1.88 bits per heavy atom. The van der Waals surface area contributed by atoms with Gasteiger partial charge in [0, 0.05) is 32.2 Å². The lowest BCUT2D eigenvalue weighted by molar-refractivity contribution is -0.121. The number of carbonyl (C=O) groups excluding carboxylic acids is 2.